The van der Waals surface area contributed by atoms with Crippen molar-refractivity contribution in [2.45, 2.75) is 31.8 Å². The minimum absolute atomic E-state index is 0.277. The molecule has 3 nitrogen and oxygen atoms in total. The predicted molar refractivity (Wildman–Crippen MR) is 55.4 cm³/mol. The maximum absolute atomic E-state index is 11.0. The third-order valence-corrected chi connectivity index (χ3v) is 3.20. The first-order valence-electron chi connectivity index (χ1n) is 4.61. The van der Waals surface area contributed by atoms with Gasteiger partial charge < -0.3 is 10.2 Å². The van der Waals surface area contributed by atoms with Gasteiger partial charge in [-0.15, -0.1) is 11.3 Å². The Morgan fingerprint density at radius 2 is 2.36 bits per heavy atom. The Balaban J connectivity index is 2.87. The first-order chi connectivity index (χ1) is 6.61. The van der Waals surface area contributed by atoms with Gasteiger partial charge in [0.2, 0.25) is 0 Å². The molecule has 0 aromatic carbocycles. The number of aliphatic carboxylic acids is 1. The molecule has 1 heterocycles. The molecule has 0 fully saturated rings. The zero-order chi connectivity index (χ0) is 10.6. The fraction of sp³-hybridized carbons (Fsp3) is 0.500. The van der Waals surface area contributed by atoms with Crippen LogP contribution in [0.1, 0.15) is 31.1 Å². The molecule has 0 aliphatic rings. The molecule has 0 amide bonds. The third kappa shape index (κ3) is 2.13. The summed E-state index contributed by atoms with van der Waals surface area (Å²) in [6.45, 7) is 1.97. The quantitative estimate of drug-likeness (QED) is 0.790. The molecular weight excluding hydrogens is 200 g/mol. The number of carboxylic acid groups (broad SMARTS) is 1. The van der Waals surface area contributed by atoms with Gasteiger partial charge in [0.1, 0.15) is 0 Å². The van der Waals surface area contributed by atoms with E-state index < -0.39 is 11.6 Å². The lowest BCUT2D eigenvalue weighted by atomic mass is 9.95. The molecule has 2 N–H and O–H groups in total. The number of rotatable bonds is 5. The van der Waals surface area contributed by atoms with E-state index in [2.05, 4.69) is 0 Å². The van der Waals surface area contributed by atoms with Gasteiger partial charge in [0, 0.05) is 4.88 Å². The van der Waals surface area contributed by atoms with Gasteiger partial charge >= 0.3 is 5.97 Å². The van der Waals surface area contributed by atoms with Crippen molar-refractivity contribution in [2.75, 3.05) is 0 Å². The maximum Gasteiger partial charge on any atom is 0.341 e. The molecule has 0 radical (unpaired) electrons. The summed E-state index contributed by atoms with van der Waals surface area (Å²) in [5.74, 6) is -1.16. The first-order valence-corrected chi connectivity index (χ1v) is 5.49. The van der Waals surface area contributed by atoms with Crippen molar-refractivity contribution in [3.8, 4) is 0 Å². The molecule has 0 saturated carbocycles. The molecule has 0 bridgehead atoms. The van der Waals surface area contributed by atoms with Crippen molar-refractivity contribution < 1.29 is 15.0 Å². The van der Waals surface area contributed by atoms with E-state index in [4.69, 9.17) is 5.11 Å². The fourth-order valence-corrected chi connectivity index (χ4v) is 2.13. The van der Waals surface area contributed by atoms with Crippen LogP contribution in [0.4, 0.5) is 0 Å². The normalized spacial score (nSPS) is 15.0. The summed E-state index contributed by atoms with van der Waals surface area (Å²) < 4.78 is 0. The lowest BCUT2D eigenvalue weighted by molar-refractivity contribution is -0.160. The van der Waals surface area contributed by atoms with Gasteiger partial charge in [0.15, 0.2) is 5.60 Å². The van der Waals surface area contributed by atoms with Crippen LogP contribution in [-0.4, -0.2) is 16.2 Å². The van der Waals surface area contributed by atoms with Crippen LogP contribution in [0, 0.1) is 0 Å². The molecule has 1 atom stereocenters. The van der Waals surface area contributed by atoms with Crippen molar-refractivity contribution >= 4 is 17.3 Å². The summed E-state index contributed by atoms with van der Waals surface area (Å²) in [6.07, 6.45) is 1.86. The Morgan fingerprint density at radius 3 is 2.79 bits per heavy atom. The van der Waals surface area contributed by atoms with Crippen LogP contribution in [0.5, 0.6) is 0 Å². The van der Waals surface area contributed by atoms with Gasteiger partial charge in [0.25, 0.3) is 0 Å². The second-order valence-corrected chi connectivity index (χ2v) is 4.19. The average Bonchev–Trinajstić information content (AvgIpc) is 2.66. The van der Waals surface area contributed by atoms with Crippen LogP contribution in [0.25, 0.3) is 0 Å². The number of aliphatic hydroxyl groups is 1. The minimum atomic E-state index is -1.69. The van der Waals surface area contributed by atoms with E-state index in [0.717, 1.165) is 6.42 Å². The monoisotopic (exact) mass is 214 g/mol. The molecule has 0 saturated heterocycles. The van der Waals surface area contributed by atoms with Gasteiger partial charge in [-0.25, -0.2) is 4.79 Å². The molecular formula is C10H14O3S. The highest BCUT2D eigenvalue weighted by Gasteiger charge is 2.38. The predicted octanol–water partition coefficient (Wildman–Crippen LogP) is 2.21. The molecule has 4 heteroatoms. The van der Waals surface area contributed by atoms with Crippen molar-refractivity contribution in [1.29, 1.82) is 0 Å². The summed E-state index contributed by atoms with van der Waals surface area (Å²) >= 11 is 1.28. The van der Waals surface area contributed by atoms with E-state index in [9.17, 15) is 9.90 Å². The molecule has 0 aliphatic carbocycles. The van der Waals surface area contributed by atoms with E-state index in [1.807, 2.05) is 6.92 Å². The summed E-state index contributed by atoms with van der Waals surface area (Å²) in [6, 6.07) is 3.41. The Morgan fingerprint density at radius 1 is 1.64 bits per heavy atom. The minimum Gasteiger partial charge on any atom is -0.479 e. The van der Waals surface area contributed by atoms with Crippen LogP contribution in [0.15, 0.2) is 17.5 Å². The van der Waals surface area contributed by atoms with E-state index in [1.54, 1.807) is 17.5 Å². The molecule has 1 aromatic heterocycles. The Bertz CT molecular complexity index is 294. The summed E-state index contributed by atoms with van der Waals surface area (Å²) in [5.41, 5.74) is -1.69. The van der Waals surface area contributed by atoms with Crippen LogP contribution < -0.4 is 0 Å². The lowest BCUT2D eigenvalue weighted by Gasteiger charge is -2.21. The van der Waals surface area contributed by atoms with Gasteiger partial charge in [-0.1, -0.05) is 19.4 Å². The molecule has 78 valence electrons. The van der Waals surface area contributed by atoms with Gasteiger partial charge in [-0.3, -0.25) is 0 Å². The number of hydrogen-bond donors (Lipinski definition) is 2. The van der Waals surface area contributed by atoms with Crippen molar-refractivity contribution in [3.05, 3.63) is 22.4 Å². The standard InChI is InChI=1S/C10H14O3S/c1-2-3-6-10(13,9(11)12)8-5-4-7-14-8/h4-5,7,13H,2-3,6H2,1H3,(H,11,12). The average molecular weight is 214 g/mol. The van der Waals surface area contributed by atoms with Crippen LogP contribution in [-0.2, 0) is 10.4 Å². The van der Waals surface area contributed by atoms with Crippen LogP contribution in [0.2, 0.25) is 0 Å². The topological polar surface area (TPSA) is 57.5 Å². The number of thiophene rings is 1. The Labute approximate surface area is 87.0 Å². The van der Waals surface area contributed by atoms with E-state index in [-0.39, 0.29) is 6.42 Å². The molecule has 0 aliphatic heterocycles. The zero-order valence-electron chi connectivity index (χ0n) is 8.06. The lowest BCUT2D eigenvalue weighted by Crippen LogP contribution is -2.34. The third-order valence-electron chi connectivity index (χ3n) is 2.17. The Kier molecular flexibility index (Phi) is 3.66. The second-order valence-electron chi connectivity index (χ2n) is 3.25. The molecule has 14 heavy (non-hydrogen) atoms. The van der Waals surface area contributed by atoms with Gasteiger partial charge in [-0.2, -0.15) is 0 Å². The molecule has 1 unspecified atom stereocenters. The van der Waals surface area contributed by atoms with Gasteiger partial charge in [0.05, 0.1) is 0 Å². The van der Waals surface area contributed by atoms with Crippen LogP contribution >= 0.6 is 11.3 Å². The van der Waals surface area contributed by atoms with Crippen molar-refractivity contribution in [3.63, 3.8) is 0 Å². The number of carbonyl (C=O) groups is 1. The maximum atomic E-state index is 11.0. The van der Waals surface area contributed by atoms with E-state index in [0.29, 0.717) is 11.3 Å². The van der Waals surface area contributed by atoms with Crippen LogP contribution in [0.3, 0.4) is 0 Å². The number of carboxylic acids is 1. The summed E-state index contributed by atoms with van der Waals surface area (Å²) in [7, 11) is 0. The summed E-state index contributed by atoms with van der Waals surface area (Å²) in [4.78, 5) is 11.5. The van der Waals surface area contributed by atoms with E-state index >= 15 is 0 Å². The highest BCUT2D eigenvalue weighted by Crippen LogP contribution is 2.30. The highest BCUT2D eigenvalue weighted by molar-refractivity contribution is 7.10. The smallest absolute Gasteiger partial charge is 0.341 e. The Hall–Kier alpha value is -0.870. The number of unbranched alkanes of at least 4 members (excludes halogenated alkanes) is 1. The molecule has 1 rings (SSSR count). The highest BCUT2D eigenvalue weighted by atomic mass is 32.1. The van der Waals surface area contributed by atoms with Crippen molar-refractivity contribution in [2.24, 2.45) is 0 Å². The largest absolute Gasteiger partial charge is 0.479 e. The van der Waals surface area contributed by atoms with Crippen molar-refractivity contribution in [1.82, 2.24) is 0 Å². The van der Waals surface area contributed by atoms with E-state index in [1.165, 1.54) is 11.3 Å². The van der Waals surface area contributed by atoms with Gasteiger partial charge in [-0.05, 0) is 24.3 Å². The zero-order valence-corrected chi connectivity index (χ0v) is 8.88. The first kappa shape index (κ1) is 11.2. The SMILES string of the molecule is CCCCC(O)(C(=O)O)c1cccs1. The molecule has 1 aromatic rings. The second kappa shape index (κ2) is 4.57. The number of hydrogen-bond acceptors (Lipinski definition) is 3. The fourth-order valence-electron chi connectivity index (χ4n) is 1.28. The summed E-state index contributed by atoms with van der Waals surface area (Å²) in [5, 5.41) is 20.8. The molecule has 0 spiro atoms.